The summed E-state index contributed by atoms with van der Waals surface area (Å²) in [5, 5.41) is 5.53. The minimum absolute atomic E-state index is 0.156. The van der Waals surface area contributed by atoms with Crippen molar-refractivity contribution in [2.24, 2.45) is 11.7 Å². The van der Waals surface area contributed by atoms with Crippen LogP contribution in [0.4, 0.5) is 0 Å². The van der Waals surface area contributed by atoms with E-state index in [1.165, 1.54) is 0 Å². The summed E-state index contributed by atoms with van der Waals surface area (Å²) in [7, 11) is 0. The van der Waals surface area contributed by atoms with Crippen molar-refractivity contribution in [2.45, 2.75) is 45.7 Å². The van der Waals surface area contributed by atoms with E-state index in [0.29, 0.717) is 25.3 Å². The van der Waals surface area contributed by atoms with Crippen LogP contribution in [0.15, 0.2) is 30.3 Å². The molecule has 0 fully saturated rings. The fourth-order valence-electron chi connectivity index (χ4n) is 2.24. The minimum atomic E-state index is -0.661. The lowest BCUT2D eigenvalue weighted by Gasteiger charge is -2.22. The number of carbonyl (C=O) groups is 2. The van der Waals surface area contributed by atoms with E-state index in [-0.39, 0.29) is 11.8 Å². The highest BCUT2D eigenvalue weighted by molar-refractivity contribution is 5.89. The molecule has 0 saturated heterocycles. The Morgan fingerprint density at radius 3 is 2.32 bits per heavy atom. The second kappa shape index (κ2) is 9.20. The highest BCUT2D eigenvalue weighted by atomic mass is 16.2. The molecule has 0 aliphatic heterocycles. The number of amides is 2. The van der Waals surface area contributed by atoms with Crippen LogP contribution in [0.1, 0.15) is 32.8 Å². The molecule has 2 amide bonds. The highest BCUT2D eigenvalue weighted by Gasteiger charge is 2.24. The van der Waals surface area contributed by atoms with Crippen LogP contribution in [0, 0.1) is 5.92 Å². The molecule has 1 aromatic carbocycles. The van der Waals surface area contributed by atoms with Crippen LogP contribution in [0.25, 0.3) is 0 Å². The van der Waals surface area contributed by atoms with E-state index in [0.717, 1.165) is 5.56 Å². The van der Waals surface area contributed by atoms with Gasteiger partial charge < -0.3 is 16.4 Å². The second-order valence-electron chi connectivity index (χ2n) is 5.88. The molecule has 122 valence electrons. The molecule has 0 heterocycles. The average Bonchev–Trinajstić information content (AvgIpc) is 2.47. The van der Waals surface area contributed by atoms with Crippen molar-refractivity contribution < 1.29 is 9.59 Å². The minimum Gasteiger partial charge on any atom is -0.355 e. The van der Waals surface area contributed by atoms with Crippen LogP contribution in [-0.2, 0) is 16.0 Å². The maximum absolute atomic E-state index is 12.2. The molecule has 1 aromatic rings. The Morgan fingerprint density at radius 2 is 1.77 bits per heavy atom. The Hall–Kier alpha value is -1.88. The number of nitrogens with two attached hydrogens (primary N) is 1. The zero-order valence-electron chi connectivity index (χ0n) is 13.6. The molecule has 4 N–H and O–H groups in total. The van der Waals surface area contributed by atoms with Gasteiger partial charge in [0.15, 0.2) is 0 Å². The topological polar surface area (TPSA) is 84.2 Å². The predicted octanol–water partition coefficient (Wildman–Crippen LogP) is 1.22. The number of rotatable bonds is 8. The molecule has 0 radical (unpaired) electrons. The zero-order chi connectivity index (χ0) is 16.5. The van der Waals surface area contributed by atoms with Crippen LogP contribution in [0.5, 0.6) is 0 Å². The third-order valence-electron chi connectivity index (χ3n) is 3.33. The molecule has 0 unspecified atom stereocenters. The van der Waals surface area contributed by atoms with Crippen molar-refractivity contribution in [3.05, 3.63) is 35.9 Å². The summed E-state index contributed by atoms with van der Waals surface area (Å²) in [6.45, 7) is 6.43. The molecule has 0 bridgehead atoms. The van der Waals surface area contributed by atoms with E-state index in [1.54, 1.807) is 0 Å². The van der Waals surface area contributed by atoms with Crippen molar-refractivity contribution in [3.8, 4) is 0 Å². The Labute approximate surface area is 132 Å². The quantitative estimate of drug-likeness (QED) is 0.675. The molecule has 1 rings (SSSR count). The van der Waals surface area contributed by atoms with Crippen molar-refractivity contribution in [1.82, 2.24) is 10.6 Å². The number of hydrogen-bond donors (Lipinski definition) is 3. The first-order chi connectivity index (χ1) is 10.4. The summed E-state index contributed by atoms with van der Waals surface area (Å²) in [4.78, 5) is 24.3. The van der Waals surface area contributed by atoms with E-state index < -0.39 is 12.1 Å². The molecule has 5 heteroatoms. The normalized spacial score (nSPS) is 13.5. The fraction of sp³-hybridized carbons (Fsp3) is 0.529. The molecule has 0 aliphatic rings. The van der Waals surface area contributed by atoms with Gasteiger partial charge in [0.05, 0.1) is 6.04 Å². The lowest BCUT2D eigenvalue weighted by atomic mass is 10.0. The summed E-state index contributed by atoms with van der Waals surface area (Å²) >= 11 is 0. The monoisotopic (exact) mass is 305 g/mol. The van der Waals surface area contributed by atoms with Crippen molar-refractivity contribution >= 4 is 11.8 Å². The Bertz CT molecular complexity index is 474. The van der Waals surface area contributed by atoms with Gasteiger partial charge in [-0.15, -0.1) is 0 Å². The second-order valence-corrected chi connectivity index (χ2v) is 5.88. The van der Waals surface area contributed by atoms with E-state index in [1.807, 2.05) is 51.1 Å². The van der Waals surface area contributed by atoms with E-state index in [9.17, 15) is 9.59 Å². The standard InChI is InChI=1S/C17H27N3O2/c1-4-19-17(22)15(10-12(2)3)20-16(21)14(18)11-13-8-6-5-7-9-13/h5-9,12,14-15H,4,10-11,18H2,1-3H3,(H,19,22)(H,20,21)/t14-,15-/m0/s1. The molecule has 2 atom stereocenters. The van der Waals surface area contributed by atoms with Crippen molar-refractivity contribution in [1.29, 1.82) is 0 Å². The smallest absolute Gasteiger partial charge is 0.242 e. The van der Waals surface area contributed by atoms with Gasteiger partial charge in [0.2, 0.25) is 11.8 Å². The number of carbonyl (C=O) groups excluding carboxylic acids is 2. The van der Waals surface area contributed by atoms with Gasteiger partial charge in [-0.05, 0) is 31.2 Å². The maximum atomic E-state index is 12.2. The van der Waals surface area contributed by atoms with Crippen LogP contribution in [0.2, 0.25) is 0 Å². The lowest BCUT2D eigenvalue weighted by Crippen LogP contribution is -2.52. The third-order valence-corrected chi connectivity index (χ3v) is 3.33. The van der Waals surface area contributed by atoms with E-state index in [4.69, 9.17) is 5.73 Å². The summed E-state index contributed by atoms with van der Waals surface area (Å²) in [6, 6.07) is 8.42. The molecular weight excluding hydrogens is 278 g/mol. The Kier molecular flexibility index (Phi) is 7.60. The van der Waals surface area contributed by atoms with Crippen LogP contribution in [0.3, 0.4) is 0 Å². The third kappa shape index (κ3) is 6.26. The highest BCUT2D eigenvalue weighted by Crippen LogP contribution is 2.07. The fourth-order valence-corrected chi connectivity index (χ4v) is 2.24. The maximum Gasteiger partial charge on any atom is 0.242 e. The van der Waals surface area contributed by atoms with Crippen LogP contribution >= 0.6 is 0 Å². The molecule has 0 aliphatic carbocycles. The van der Waals surface area contributed by atoms with Gasteiger partial charge in [-0.2, -0.15) is 0 Å². The molecular formula is C17H27N3O2. The lowest BCUT2D eigenvalue weighted by molar-refractivity contribution is -0.129. The summed E-state index contributed by atoms with van der Waals surface area (Å²) in [5.74, 6) is -0.143. The van der Waals surface area contributed by atoms with Gasteiger partial charge in [0, 0.05) is 6.54 Å². The molecule has 0 saturated carbocycles. The van der Waals surface area contributed by atoms with Gasteiger partial charge in [0.1, 0.15) is 6.04 Å². The van der Waals surface area contributed by atoms with Crippen LogP contribution < -0.4 is 16.4 Å². The number of likely N-dealkylation sites (N-methyl/N-ethyl adjacent to an activating group) is 1. The van der Waals surface area contributed by atoms with Crippen molar-refractivity contribution in [3.63, 3.8) is 0 Å². The van der Waals surface area contributed by atoms with Gasteiger partial charge >= 0.3 is 0 Å². The molecule has 0 aromatic heterocycles. The van der Waals surface area contributed by atoms with Gasteiger partial charge in [0.25, 0.3) is 0 Å². The van der Waals surface area contributed by atoms with Gasteiger partial charge in [-0.1, -0.05) is 44.2 Å². The molecule has 22 heavy (non-hydrogen) atoms. The SMILES string of the molecule is CCNC(=O)[C@H](CC(C)C)NC(=O)[C@@H](N)Cc1ccccc1. The summed E-state index contributed by atoms with van der Waals surface area (Å²) in [5.41, 5.74) is 6.96. The van der Waals surface area contributed by atoms with Gasteiger partial charge in [-0.25, -0.2) is 0 Å². The zero-order valence-corrected chi connectivity index (χ0v) is 13.6. The first-order valence-electron chi connectivity index (χ1n) is 7.81. The first kappa shape index (κ1) is 18.2. The number of hydrogen-bond acceptors (Lipinski definition) is 3. The molecule has 0 spiro atoms. The van der Waals surface area contributed by atoms with E-state index in [2.05, 4.69) is 10.6 Å². The van der Waals surface area contributed by atoms with Gasteiger partial charge in [-0.3, -0.25) is 9.59 Å². The van der Waals surface area contributed by atoms with E-state index >= 15 is 0 Å². The van der Waals surface area contributed by atoms with Crippen LogP contribution in [-0.4, -0.2) is 30.4 Å². The van der Waals surface area contributed by atoms with Crippen molar-refractivity contribution in [2.75, 3.05) is 6.54 Å². The average molecular weight is 305 g/mol. The largest absolute Gasteiger partial charge is 0.355 e. The molecule has 5 nitrogen and oxygen atoms in total. The summed E-state index contributed by atoms with van der Waals surface area (Å²) in [6.07, 6.45) is 1.05. The Morgan fingerprint density at radius 1 is 1.14 bits per heavy atom. The number of nitrogens with one attached hydrogen (secondary N) is 2. The first-order valence-corrected chi connectivity index (χ1v) is 7.81. The summed E-state index contributed by atoms with van der Waals surface area (Å²) < 4.78 is 0. The Balaban J connectivity index is 2.62. The predicted molar refractivity (Wildman–Crippen MR) is 88.2 cm³/mol. The number of benzene rings is 1.